The number of rotatable bonds is 9. The summed E-state index contributed by atoms with van der Waals surface area (Å²) in [6.45, 7) is 26.0. The molecule has 0 aromatic rings. The number of hydrogen-bond acceptors (Lipinski definition) is 0. The summed E-state index contributed by atoms with van der Waals surface area (Å²) < 4.78 is 0. The molecule has 0 N–H and O–H groups in total. The van der Waals surface area contributed by atoms with Crippen molar-refractivity contribution in [2.75, 3.05) is 0 Å². The van der Waals surface area contributed by atoms with Crippen molar-refractivity contribution in [2.24, 2.45) is 5.92 Å². The van der Waals surface area contributed by atoms with Crippen LogP contribution in [0.15, 0.2) is 69.9 Å². The van der Waals surface area contributed by atoms with Gasteiger partial charge in [0.15, 0.2) is 0 Å². The van der Waals surface area contributed by atoms with Gasteiger partial charge in [0.25, 0.3) is 0 Å². The van der Waals surface area contributed by atoms with Crippen molar-refractivity contribution in [1.29, 1.82) is 0 Å². The van der Waals surface area contributed by atoms with Crippen molar-refractivity contribution in [3.05, 3.63) is 69.9 Å². The molecule has 0 heterocycles. The van der Waals surface area contributed by atoms with Gasteiger partial charge < -0.3 is 0 Å². The van der Waals surface area contributed by atoms with Crippen LogP contribution in [-0.2, 0) is 0 Å². The van der Waals surface area contributed by atoms with E-state index in [1.54, 1.807) is 0 Å². The molecule has 0 atom stereocenters. The van der Waals surface area contributed by atoms with Gasteiger partial charge in [-0.2, -0.15) is 0 Å². The predicted octanol–water partition coefficient (Wildman–Crippen LogP) is 7.69. The van der Waals surface area contributed by atoms with Gasteiger partial charge in [0.1, 0.15) is 0 Å². The van der Waals surface area contributed by atoms with E-state index in [9.17, 15) is 0 Å². The molecule has 0 saturated heterocycles. The Morgan fingerprint density at radius 3 is 1.96 bits per heavy atom. The summed E-state index contributed by atoms with van der Waals surface area (Å²) in [4.78, 5) is 0. The molecule has 0 nitrogen and oxygen atoms in total. The Hall–Kier alpha value is -1.50. The standard InChI is InChI=1S/C24H37B/c1-16(2)19(6)14-20(7)21(8)15-24(13-18(5)11-12-25)23(10)22(9)17(3)4/h13,15,17H,5,7,11-12,14H2,1-4,6,8-10H3/b21-15+,23-22-,24-13+. The van der Waals surface area contributed by atoms with Crippen LogP contribution in [0.1, 0.15) is 68.2 Å². The topological polar surface area (TPSA) is 0 Å². The summed E-state index contributed by atoms with van der Waals surface area (Å²) >= 11 is 0. The maximum Gasteiger partial charge on any atom is 0.0657 e. The fourth-order valence-electron chi connectivity index (χ4n) is 2.37. The molecule has 1 heteroatoms. The summed E-state index contributed by atoms with van der Waals surface area (Å²) in [5.74, 6) is 0.524. The van der Waals surface area contributed by atoms with Crippen LogP contribution < -0.4 is 0 Å². The quantitative estimate of drug-likeness (QED) is 0.230. The zero-order valence-electron chi connectivity index (χ0n) is 17.8. The maximum atomic E-state index is 5.69. The largest absolute Gasteiger partial charge is 0.0958 e. The highest BCUT2D eigenvalue weighted by atomic mass is 14.1. The summed E-state index contributed by atoms with van der Waals surface area (Å²) in [7, 11) is 5.69. The van der Waals surface area contributed by atoms with E-state index in [2.05, 4.69) is 80.7 Å². The zero-order valence-corrected chi connectivity index (χ0v) is 17.8. The second-order valence-corrected chi connectivity index (χ2v) is 7.65. The lowest BCUT2D eigenvalue weighted by atomic mass is 9.89. The van der Waals surface area contributed by atoms with E-state index < -0.39 is 0 Å². The van der Waals surface area contributed by atoms with Crippen LogP contribution in [0.4, 0.5) is 0 Å². The number of hydrogen-bond donors (Lipinski definition) is 0. The Balaban J connectivity index is 5.86. The highest BCUT2D eigenvalue weighted by molar-refractivity contribution is 6.08. The third-order valence-electron chi connectivity index (χ3n) is 4.98. The third-order valence-corrected chi connectivity index (χ3v) is 4.98. The smallest absolute Gasteiger partial charge is 0.0657 e. The first-order chi connectivity index (χ1) is 11.5. The van der Waals surface area contributed by atoms with E-state index in [0.717, 1.165) is 18.4 Å². The molecule has 0 rings (SSSR count). The molecule has 0 aliphatic heterocycles. The highest BCUT2D eigenvalue weighted by Gasteiger charge is 2.08. The highest BCUT2D eigenvalue weighted by Crippen LogP contribution is 2.27. The fourth-order valence-corrected chi connectivity index (χ4v) is 2.37. The predicted molar refractivity (Wildman–Crippen MR) is 117 cm³/mol. The minimum absolute atomic E-state index is 0.524. The minimum atomic E-state index is 0.524. The van der Waals surface area contributed by atoms with Gasteiger partial charge in [-0.25, -0.2) is 0 Å². The summed E-state index contributed by atoms with van der Waals surface area (Å²) in [6, 6.07) is 0. The average Bonchev–Trinajstić information content (AvgIpc) is 2.52. The van der Waals surface area contributed by atoms with Crippen LogP contribution in [0.3, 0.4) is 0 Å². The van der Waals surface area contributed by atoms with E-state index in [0.29, 0.717) is 12.2 Å². The van der Waals surface area contributed by atoms with Gasteiger partial charge in [0, 0.05) is 0 Å². The van der Waals surface area contributed by atoms with E-state index in [1.807, 2.05) is 0 Å². The van der Waals surface area contributed by atoms with Crippen molar-refractivity contribution in [3.8, 4) is 0 Å². The lowest BCUT2D eigenvalue weighted by Gasteiger charge is -2.15. The molecular weight excluding hydrogens is 299 g/mol. The first-order valence-electron chi connectivity index (χ1n) is 9.27. The Bertz CT molecular complexity index is 614. The molecule has 0 aromatic carbocycles. The van der Waals surface area contributed by atoms with Gasteiger partial charge in [-0.15, -0.1) is 0 Å². The molecule has 136 valence electrons. The van der Waals surface area contributed by atoms with Crippen LogP contribution in [0.5, 0.6) is 0 Å². The molecule has 25 heavy (non-hydrogen) atoms. The molecule has 0 spiro atoms. The van der Waals surface area contributed by atoms with E-state index in [1.165, 1.54) is 39.0 Å². The molecule has 0 aliphatic rings. The van der Waals surface area contributed by atoms with Gasteiger partial charge in [-0.1, -0.05) is 67.8 Å². The Morgan fingerprint density at radius 2 is 1.52 bits per heavy atom. The Labute approximate surface area is 158 Å². The van der Waals surface area contributed by atoms with E-state index in [4.69, 9.17) is 7.85 Å². The summed E-state index contributed by atoms with van der Waals surface area (Å²) in [5.41, 5.74) is 10.2. The van der Waals surface area contributed by atoms with Crippen molar-refractivity contribution in [1.82, 2.24) is 0 Å². The van der Waals surface area contributed by atoms with Gasteiger partial charge in [0.2, 0.25) is 0 Å². The fraction of sp³-hybridized carbons (Fsp3) is 0.500. The normalized spacial score (nSPS) is 13.6. The van der Waals surface area contributed by atoms with Crippen molar-refractivity contribution < 1.29 is 0 Å². The van der Waals surface area contributed by atoms with Crippen LogP contribution in [0.2, 0.25) is 6.32 Å². The van der Waals surface area contributed by atoms with Gasteiger partial charge in [-0.3, -0.25) is 0 Å². The van der Waals surface area contributed by atoms with Crippen LogP contribution in [0.25, 0.3) is 0 Å². The zero-order chi connectivity index (χ0) is 19.7. The Kier molecular flexibility index (Phi) is 10.5. The second-order valence-electron chi connectivity index (χ2n) is 7.65. The maximum absolute atomic E-state index is 5.69. The summed E-state index contributed by atoms with van der Waals surface area (Å²) in [5, 5.41) is 0. The lowest BCUT2D eigenvalue weighted by molar-refractivity contribution is 0.759. The second kappa shape index (κ2) is 11.2. The Morgan fingerprint density at radius 1 is 0.960 bits per heavy atom. The molecular formula is C24H37B. The van der Waals surface area contributed by atoms with Gasteiger partial charge >= 0.3 is 0 Å². The summed E-state index contributed by atoms with van der Waals surface area (Å²) in [6.07, 6.45) is 6.81. The van der Waals surface area contributed by atoms with Crippen LogP contribution >= 0.6 is 0 Å². The molecule has 0 unspecified atom stereocenters. The molecule has 0 fully saturated rings. The molecule has 0 aromatic heterocycles. The average molecular weight is 336 g/mol. The van der Waals surface area contributed by atoms with Crippen molar-refractivity contribution >= 4 is 7.85 Å². The van der Waals surface area contributed by atoms with Gasteiger partial charge in [0.05, 0.1) is 7.85 Å². The van der Waals surface area contributed by atoms with Gasteiger partial charge in [-0.05, 0) is 82.6 Å². The SMILES string of the molecule is [B]CCC(=C)/C=C(\C=C(/C)C(=C)CC(C)=C(C)C)C(/C)=C(/C)C(C)C. The number of allylic oxidation sites excluding steroid dienone is 10. The van der Waals surface area contributed by atoms with Crippen molar-refractivity contribution in [2.45, 2.75) is 74.6 Å². The van der Waals surface area contributed by atoms with Crippen molar-refractivity contribution in [3.63, 3.8) is 0 Å². The molecule has 0 bridgehead atoms. The molecule has 0 saturated carbocycles. The van der Waals surface area contributed by atoms with Crippen LogP contribution in [0, 0.1) is 5.92 Å². The first-order valence-corrected chi connectivity index (χ1v) is 9.27. The molecule has 0 aliphatic carbocycles. The van der Waals surface area contributed by atoms with E-state index >= 15 is 0 Å². The first kappa shape index (κ1) is 23.5. The molecule has 0 amide bonds. The van der Waals surface area contributed by atoms with Crippen LogP contribution in [-0.4, -0.2) is 7.85 Å². The minimum Gasteiger partial charge on any atom is -0.0958 e. The lowest BCUT2D eigenvalue weighted by Crippen LogP contribution is -1.97. The monoisotopic (exact) mass is 336 g/mol. The molecule has 2 radical (unpaired) electrons. The third kappa shape index (κ3) is 8.43. The van der Waals surface area contributed by atoms with E-state index in [-0.39, 0.29) is 0 Å².